The Hall–Kier alpha value is -2.27. The van der Waals surface area contributed by atoms with E-state index in [1.807, 2.05) is 30.3 Å². The van der Waals surface area contributed by atoms with Crippen LogP contribution in [-0.2, 0) is 14.8 Å². The van der Waals surface area contributed by atoms with Gasteiger partial charge in [0.1, 0.15) is 6.29 Å². The van der Waals surface area contributed by atoms with Gasteiger partial charge in [0.15, 0.2) is 0 Å². The molecule has 0 fully saturated rings. The van der Waals surface area contributed by atoms with Crippen LogP contribution in [0.25, 0.3) is 23.1 Å². The number of carbonyl (C=O) groups is 1. The first kappa shape index (κ1) is 25.4. The molecule has 1 atom stereocenters. The Morgan fingerprint density at radius 1 is 1.03 bits per heavy atom. The molecule has 0 saturated carbocycles. The highest BCUT2D eigenvalue weighted by molar-refractivity contribution is 6.48. The zero-order valence-corrected chi connectivity index (χ0v) is 21.9. The first-order chi connectivity index (χ1) is 15.6. The Labute approximate surface area is 204 Å². The Kier molecular flexibility index (Phi) is 8.27. The molecule has 0 aliphatic carbocycles. The maximum absolute atomic E-state index is 11.0. The van der Waals surface area contributed by atoms with Crippen molar-refractivity contribution in [2.45, 2.75) is 58.7 Å². The highest BCUT2D eigenvalue weighted by Gasteiger charge is 2.44. The zero-order chi connectivity index (χ0) is 24.1. The SMILES string of the molecule is C[Si](C)O[C@](CCCC=O)(c1cccc(C=Cc2ccc3ccc(Cl)cc3n2)c1)C(C)(C)C. The molecule has 1 heterocycles. The summed E-state index contributed by atoms with van der Waals surface area (Å²) in [6, 6.07) is 18.4. The number of hydrogen-bond acceptors (Lipinski definition) is 3. The summed E-state index contributed by atoms with van der Waals surface area (Å²) >= 11 is 6.14. The van der Waals surface area contributed by atoms with Gasteiger partial charge in [-0.05, 0) is 72.8 Å². The first-order valence-electron chi connectivity index (χ1n) is 11.4. The second-order valence-corrected chi connectivity index (χ2v) is 12.1. The number of carbonyl (C=O) groups excluding carboxylic acids is 1. The molecule has 0 aliphatic heterocycles. The van der Waals surface area contributed by atoms with Crippen LogP contribution in [0, 0.1) is 5.41 Å². The van der Waals surface area contributed by atoms with Gasteiger partial charge in [-0.15, -0.1) is 0 Å². The summed E-state index contributed by atoms with van der Waals surface area (Å²) in [4.78, 5) is 15.7. The van der Waals surface area contributed by atoms with Crippen molar-refractivity contribution in [2.24, 2.45) is 5.41 Å². The van der Waals surface area contributed by atoms with Crippen molar-refractivity contribution in [3.63, 3.8) is 0 Å². The molecule has 0 saturated heterocycles. The number of unbranched alkanes of at least 4 members (excludes halogenated alkanes) is 1. The number of halogens is 1. The molecule has 33 heavy (non-hydrogen) atoms. The van der Waals surface area contributed by atoms with Gasteiger partial charge in [0.25, 0.3) is 0 Å². The van der Waals surface area contributed by atoms with E-state index in [4.69, 9.17) is 21.0 Å². The summed E-state index contributed by atoms with van der Waals surface area (Å²) in [7, 11) is -0.975. The van der Waals surface area contributed by atoms with Crippen LogP contribution in [0.2, 0.25) is 18.1 Å². The van der Waals surface area contributed by atoms with Crippen molar-refractivity contribution >= 4 is 50.0 Å². The Bertz CT molecular complexity index is 1140. The van der Waals surface area contributed by atoms with E-state index in [0.29, 0.717) is 11.4 Å². The Morgan fingerprint density at radius 2 is 1.79 bits per heavy atom. The fraction of sp³-hybridized carbons (Fsp3) is 0.357. The zero-order valence-electron chi connectivity index (χ0n) is 20.2. The van der Waals surface area contributed by atoms with Crippen LogP contribution in [0.15, 0.2) is 54.6 Å². The van der Waals surface area contributed by atoms with Gasteiger partial charge in [-0.1, -0.05) is 68.8 Å². The number of aldehydes is 1. The Balaban J connectivity index is 1.97. The smallest absolute Gasteiger partial charge is 0.206 e. The number of aromatic nitrogens is 1. The van der Waals surface area contributed by atoms with Crippen LogP contribution < -0.4 is 0 Å². The molecule has 0 bridgehead atoms. The van der Waals surface area contributed by atoms with E-state index in [1.165, 1.54) is 0 Å². The summed E-state index contributed by atoms with van der Waals surface area (Å²) in [5, 5.41) is 1.75. The van der Waals surface area contributed by atoms with Gasteiger partial charge >= 0.3 is 0 Å². The topological polar surface area (TPSA) is 39.2 Å². The molecular weight excluding hydrogens is 446 g/mol. The van der Waals surface area contributed by atoms with Gasteiger partial charge in [0.05, 0.1) is 16.8 Å². The molecule has 3 nitrogen and oxygen atoms in total. The van der Waals surface area contributed by atoms with E-state index in [0.717, 1.165) is 46.9 Å². The molecule has 2 aromatic carbocycles. The first-order valence-corrected chi connectivity index (χ1v) is 14.2. The van der Waals surface area contributed by atoms with E-state index in [1.54, 1.807) is 0 Å². The monoisotopic (exact) mass is 478 g/mol. The largest absolute Gasteiger partial charge is 0.407 e. The molecule has 173 valence electrons. The number of rotatable bonds is 9. The molecule has 0 spiro atoms. The quantitative estimate of drug-likeness (QED) is 0.178. The number of fused-ring (bicyclic) bond motifs is 1. The summed E-state index contributed by atoms with van der Waals surface area (Å²) in [6.07, 6.45) is 7.28. The fourth-order valence-corrected chi connectivity index (χ4v) is 5.66. The molecule has 3 aromatic rings. The second-order valence-electron chi connectivity index (χ2n) is 9.68. The van der Waals surface area contributed by atoms with Crippen LogP contribution in [0.1, 0.15) is 56.9 Å². The van der Waals surface area contributed by atoms with Gasteiger partial charge in [-0.25, -0.2) is 4.98 Å². The number of benzene rings is 2. The lowest BCUT2D eigenvalue weighted by molar-refractivity contribution is -0.108. The molecular formula is C28H33ClNO2Si. The van der Waals surface area contributed by atoms with Crippen LogP contribution in [-0.4, -0.2) is 20.3 Å². The van der Waals surface area contributed by atoms with E-state index in [2.05, 4.69) is 70.3 Å². The molecule has 1 aromatic heterocycles. The number of hydrogen-bond donors (Lipinski definition) is 0. The lowest BCUT2D eigenvalue weighted by atomic mass is 9.69. The summed E-state index contributed by atoms with van der Waals surface area (Å²) in [6.45, 7) is 11.0. The third-order valence-electron chi connectivity index (χ3n) is 5.92. The van der Waals surface area contributed by atoms with Crippen LogP contribution in [0.5, 0.6) is 0 Å². The van der Waals surface area contributed by atoms with Crippen molar-refractivity contribution in [2.75, 3.05) is 0 Å². The summed E-state index contributed by atoms with van der Waals surface area (Å²) in [5.74, 6) is 0. The Morgan fingerprint density at radius 3 is 2.48 bits per heavy atom. The van der Waals surface area contributed by atoms with E-state index in [-0.39, 0.29) is 5.41 Å². The lowest BCUT2D eigenvalue weighted by Gasteiger charge is -2.47. The summed E-state index contributed by atoms with van der Waals surface area (Å²) < 4.78 is 6.75. The minimum absolute atomic E-state index is 0.126. The van der Waals surface area contributed by atoms with Crippen LogP contribution >= 0.6 is 11.6 Å². The third kappa shape index (κ3) is 6.20. The van der Waals surface area contributed by atoms with Crippen molar-refractivity contribution in [3.8, 4) is 0 Å². The minimum atomic E-state index is -0.975. The maximum atomic E-state index is 11.0. The van der Waals surface area contributed by atoms with Crippen molar-refractivity contribution in [1.29, 1.82) is 0 Å². The second kappa shape index (κ2) is 10.8. The van der Waals surface area contributed by atoms with E-state index < -0.39 is 14.6 Å². The third-order valence-corrected chi connectivity index (χ3v) is 6.91. The highest BCUT2D eigenvalue weighted by atomic mass is 35.5. The van der Waals surface area contributed by atoms with Crippen LogP contribution in [0.3, 0.4) is 0 Å². The predicted molar refractivity (Wildman–Crippen MR) is 142 cm³/mol. The van der Waals surface area contributed by atoms with Gasteiger partial charge < -0.3 is 9.22 Å². The van der Waals surface area contributed by atoms with Gasteiger partial charge in [0, 0.05) is 16.8 Å². The fourth-order valence-electron chi connectivity index (χ4n) is 4.27. The molecule has 0 unspecified atom stereocenters. The van der Waals surface area contributed by atoms with Crippen molar-refractivity contribution in [1.82, 2.24) is 4.98 Å². The van der Waals surface area contributed by atoms with Gasteiger partial charge in [0.2, 0.25) is 9.04 Å². The average molecular weight is 479 g/mol. The highest BCUT2D eigenvalue weighted by Crippen LogP contribution is 2.47. The number of pyridine rings is 1. The van der Waals surface area contributed by atoms with Crippen molar-refractivity contribution in [3.05, 3.63) is 76.4 Å². The number of nitrogens with zero attached hydrogens (tertiary/aromatic N) is 1. The van der Waals surface area contributed by atoms with Crippen LogP contribution in [0.4, 0.5) is 0 Å². The van der Waals surface area contributed by atoms with Gasteiger partial charge in [-0.2, -0.15) is 0 Å². The maximum Gasteiger partial charge on any atom is 0.206 e. The predicted octanol–water partition coefficient (Wildman–Crippen LogP) is 7.94. The molecule has 5 heteroatoms. The lowest BCUT2D eigenvalue weighted by Crippen LogP contribution is -2.45. The average Bonchev–Trinajstić information content (AvgIpc) is 2.76. The standard InChI is InChI=1S/C28H33ClNO2Si/c1-27(2,3)28(32-33(4)5,17-6-7-18-31)23-10-8-9-21(19-23)11-15-25-16-13-22-12-14-24(29)20-26(22)30-25/h8-16,18-20H,6-7,17H2,1-5H3/t28-/m1/s1. The normalized spacial score (nSPS) is 14.2. The summed E-state index contributed by atoms with van der Waals surface area (Å²) in [5.41, 5.74) is 3.44. The molecule has 0 aliphatic rings. The minimum Gasteiger partial charge on any atom is -0.407 e. The van der Waals surface area contributed by atoms with E-state index in [9.17, 15) is 4.79 Å². The molecule has 3 rings (SSSR count). The molecule has 1 radical (unpaired) electrons. The van der Waals surface area contributed by atoms with Crippen molar-refractivity contribution < 1.29 is 9.22 Å². The van der Waals surface area contributed by atoms with Gasteiger partial charge in [-0.3, -0.25) is 0 Å². The molecule has 0 amide bonds. The molecule has 0 N–H and O–H groups in total. The van der Waals surface area contributed by atoms with E-state index >= 15 is 0 Å².